The highest BCUT2D eigenvalue weighted by Gasteiger charge is 2.16. The second kappa shape index (κ2) is 11.0. The third kappa shape index (κ3) is 5.71. The third-order valence-corrected chi connectivity index (χ3v) is 6.46. The summed E-state index contributed by atoms with van der Waals surface area (Å²) in [5.74, 6) is 0.412. The first-order valence-electron chi connectivity index (χ1n) is 10.6. The van der Waals surface area contributed by atoms with Gasteiger partial charge in [-0.15, -0.1) is 0 Å². The fourth-order valence-corrected chi connectivity index (χ4v) is 4.38. The minimum atomic E-state index is -0.218. The minimum Gasteiger partial charge on any atom is -0.383 e. The standard InChI is InChI=1S/C24H28ClN3O3S/c1-5-15(2)17-6-9-19(10-7-17)28-23(30)20-12-18(25)8-11-21(20)27-24(28)32-14-22(29)26-16(3)13-31-4/h6-12,15-16H,5,13-14H2,1-4H3,(H,26,29). The summed E-state index contributed by atoms with van der Waals surface area (Å²) in [5, 5.41) is 4.24. The van der Waals surface area contributed by atoms with Crippen LogP contribution in [0, 0.1) is 0 Å². The van der Waals surface area contributed by atoms with E-state index in [1.807, 2.05) is 31.2 Å². The van der Waals surface area contributed by atoms with Crippen molar-refractivity contribution in [2.24, 2.45) is 0 Å². The molecule has 0 aliphatic heterocycles. The maximum atomic E-state index is 13.4. The molecule has 1 aromatic heterocycles. The van der Waals surface area contributed by atoms with Crippen LogP contribution < -0.4 is 10.9 Å². The van der Waals surface area contributed by atoms with Gasteiger partial charge in [-0.3, -0.25) is 14.2 Å². The second-order valence-electron chi connectivity index (χ2n) is 7.81. The van der Waals surface area contributed by atoms with E-state index in [-0.39, 0.29) is 23.3 Å². The van der Waals surface area contributed by atoms with Crippen LogP contribution in [0.15, 0.2) is 52.4 Å². The molecule has 1 heterocycles. The van der Waals surface area contributed by atoms with Crippen LogP contribution in [0.1, 0.15) is 38.7 Å². The Morgan fingerprint density at radius 2 is 1.94 bits per heavy atom. The Labute approximate surface area is 197 Å². The molecule has 32 heavy (non-hydrogen) atoms. The zero-order valence-corrected chi connectivity index (χ0v) is 20.3. The molecule has 3 aromatic rings. The molecule has 0 fully saturated rings. The number of amides is 1. The van der Waals surface area contributed by atoms with Crippen LogP contribution in [0.2, 0.25) is 5.02 Å². The second-order valence-corrected chi connectivity index (χ2v) is 9.19. The number of nitrogens with one attached hydrogen (secondary N) is 1. The average Bonchev–Trinajstić information content (AvgIpc) is 2.78. The molecular weight excluding hydrogens is 446 g/mol. The number of fused-ring (bicyclic) bond motifs is 1. The molecule has 1 N–H and O–H groups in total. The smallest absolute Gasteiger partial charge is 0.266 e. The van der Waals surface area contributed by atoms with Gasteiger partial charge in [0.05, 0.1) is 29.0 Å². The number of carbonyl (C=O) groups excluding carboxylic acids is 1. The van der Waals surface area contributed by atoms with Crippen molar-refractivity contribution in [1.29, 1.82) is 0 Å². The van der Waals surface area contributed by atoms with Crippen molar-refractivity contribution >= 4 is 40.2 Å². The van der Waals surface area contributed by atoms with Gasteiger partial charge in [-0.1, -0.05) is 49.3 Å². The summed E-state index contributed by atoms with van der Waals surface area (Å²) in [7, 11) is 1.59. The molecule has 0 spiro atoms. The lowest BCUT2D eigenvalue weighted by molar-refractivity contribution is -0.119. The Morgan fingerprint density at radius 1 is 1.22 bits per heavy atom. The first kappa shape index (κ1) is 24.3. The molecule has 0 aliphatic carbocycles. The summed E-state index contributed by atoms with van der Waals surface area (Å²) in [5.41, 5.74) is 2.24. The van der Waals surface area contributed by atoms with Crippen molar-refractivity contribution < 1.29 is 9.53 Å². The summed E-state index contributed by atoms with van der Waals surface area (Å²) < 4.78 is 6.61. The highest BCUT2D eigenvalue weighted by Crippen LogP contribution is 2.25. The molecule has 0 saturated heterocycles. The predicted octanol–water partition coefficient (Wildman–Crippen LogP) is 4.80. The van der Waals surface area contributed by atoms with Gasteiger partial charge in [0.25, 0.3) is 5.56 Å². The van der Waals surface area contributed by atoms with Crippen molar-refractivity contribution in [2.75, 3.05) is 19.5 Å². The van der Waals surface area contributed by atoms with Gasteiger partial charge in [0, 0.05) is 18.2 Å². The van der Waals surface area contributed by atoms with E-state index in [0.717, 1.165) is 6.42 Å². The van der Waals surface area contributed by atoms with E-state index in [0.29, 0.717) is 39.3 Å². The predicted molar refractivity (Wildman–Crippen MR) is 131 cm³/mol. The minimum absolute atomic E-state index is 0.102. The van der Waals surface area contributed by atoms with Crippen LogP contribution in [0.25, 0.3) is 16.6 Å². The van der Waals surface area contributed by atoms with Gasteiger partial charge in [-0.05, 0) is 55.2 Å². The number of halogens is 1. The van der Waals surface area contributed by atoms with E-state index in [4.69, 9.17) is 16.3 Å². The fraction of sp³-hybridized carbons (Fsp3) is 0.375. The van der Waals surface area contributed by atoms with Crippen LogP contribution >= 0.6 is 23.4 Å². The van der Waals surface area contributed by atoms with Gasteiger partial charge in [0.15, 0.2) is 5.16 Å². The topological polar surface area (TPSA) is 73.2 Å². The highest BCUT2D eigenvalue weighted by atomic mass is 35.5. The SMILES string of the molecule is CCC(C)c1ccc(-n2c(SCC(=O)NC(C)COC)nc3ccc(Cl)cc3c2=O)cc1. The Morgan fingerprint density at radius 3 is 2.59 bits per heavy atom. The van der Waals surface area contributed by atoms with Crippen molar-refractivity contribution in [1.82, 2.24) is 14.9 Å². The summed E-state index contributed by atoms with van der Waals surface area (Å²) >= 11 is 7.36. The van der Waals surface area contributed by atoms with Gasteiger partial charge in [-0.25, -0.2) is 4.98 Å². The molecule has 1 amide bonds. The lowest BCUT2D eigenvalue weighted by Crippen LogP contribution is -2.36. The Balaban J connectivity index is 2.00. The molecule has 8 heteroatoms. The van der Waals surface area contributed by atoms with E-state index < -0.39 is 0 Å². The van der Waals surface area contributed by atoms with Gasteiger partial charge in [-0.2, -0.15) is 0 Å². The Hall–Kier alpha value is -2.35. The number of hydrogen-bond donors (Lipinski definition) is 1. The highest BCUT2D eigenvalue weighted by molar-refractivity contribution is 7.99. The number of methoxy groups -OCH3 is 1. The maximum Gasteiger partial charge on any atom is 0.266 e. The van der Waals surface area contributed by atoms with Crippen molar-refractivity contribution in [3.63, 3.8) is 0 Å². The number of rotatable bonds is 9. The summed E-state index contributed by atoms with van der Waals surface area (Å²) in [4.78, 5) is 30.5. The van der Waals surface area contributed by atoms with E-state index >= 15 is 0 Å². The van der Waals surface area contributed by atoms with Crippen LogP contribution in [0.4, 0.5) is 0 Å². The first-order chi connectivity index (χ1) is 15.3. The number of carbonyl (C=O) groups is 1. The van der Waals surface area contributed by atoms with Gasteiger partial charge in [0.2, 0.25) is 5.91 Å². The number of nitrogens with zero attached hydrogens (tertiary/aromatic N) is 2. The molecule has 170 valence electrons. The largest absolute Gasteiger partial charge is 0.383 e. The van der Waals surface area contributed by atoms with E-state index in [9.17, 15) is 9.59 Å². The number of ether oxygens (including phenoxy) is 1. The van der Waals surface area contributed by atoms with Gasteiger partial charge in [0.1, 0.15) is 0 Å². The third-order valence-electron chi connectivity index (χ3n) is 5.29. The van der Waals surface area contributed by atoms with Crippen LogP contribution in [-0.4, -0.2) is 41.0 Å². The van der Waals surface area contributed by atoms with Gasteiger partial charge >= 0.3 is 0 Å². The molecule has 3 rings (SSSR count). The van der Waals surface area contributed by atoms with Gasteiger partial charge < -0.3 is 10.1 Å². The van der Waals surface area contributed by atoms with E-state index in [1.165, 1.54) is 17.3 Å². The molecule has 0 saturated carbocycles. The molecule has 0 radical (unpaired) electrons. The monoisotopic (exact) mass is 473 g/mol. The normalized spacial score (nSPS) is 13.2. The number of hydrogen-bond acceptors (Lipinski definition) is 5. The Bertz CT molecular complexity index is 1150. The van der Waals surface area contributed by atoms with Crippen LogP contribution in [0.3, 0.4) is 0 Å². The lowest BCUT2D eigenvalue weighted by Gasteiger charge is -2.16. The molecule has 0 aliphatic rings. The quantitative estimate of drug-likeness (QED) is 0.357. The van der Waals surface area contributed by atoms with Crippen LogP contribution in [-0.2, 0) is 9.53 Å². The number of benzene rings is 2. The Kier molecular flexibility index (Phi) is 8.34. The van der Waals surface area contributed by atoms with E-state index in [2.05, 4.69) is 24.1 Å². The van der Waals surface area contributed by atoms with Crippen molar-refractivity contribution in [2.45, 2.75) is 44.3 Å². The maximum absolute atomic E-state index is 13.4. The average molecular weight is 474 g/mol. The molecule has 6 nitrogen and oxygen atoms in total. The number of aromatic nitrogens is 2. The lowest BCUT2D eigenvalue weighted by atomic mass is 9.98. The van der Waals surface area contributed by atoms with Crippen molar-refractivity contribution in [3.8, 4) is 5.69 Å². The molecule has 2 unspecified atom stereocenters. The van der Waals surface area contributed by atoms with E-state index in [1.54, 1.807) is 29.9 Å². The molecule has 2 atom stereocenters. The van der Waals surface area contributed by atoms with Crippen LogP contribution in [0.5, 0.6) is 0 Å². The zero-order chi connectivity index (χ0) is 23.3. The summed E-state index contributed by atoms with van der Waals surface area (Å²) in [6, 6.07) is 12.9. The first-order valence-corrected chi connectivity index (χ1v) is 11.9. The molecule has 0 bridgehead atoms. The molecule has 2 aromatic carbocycles. The van der Waals surface area contributed by atoms with Crippen molar-refractivity contribution in [3.05, 3.63) is 63.4 Å². The molecular formula is C24H28ClN3O3S. The fourth-order valence-electron chi connectivity index (χ4n) is 3.39. The zero-order valence-electron chi connectivity index (χ0n) is 18.7. The number of thioether (sulfide) groups is 1. The summed E-state index contributed by atoms with van der Waals surface area (Å²) in [6.07, 6.45) is 1.03. The summed E-state index contributed by atoms with van der Waals surface area (Å²) in [6.45, 7) is 6.62.